The molecule has 1 N–H and O–H groups in total. The summed E-state index contributed by atoms with van der Waals surface area (Å²) in [5.41, 5.74) is 1.71. The van der Waals surface area contributed by atoms with E-state index in [0.717, 1.165) is 15.9 Å². The maximum atomic E-state index is 12.6. The summed E-state index contributed by atoms with van der Waals surface area (Å²) in [6, 6.07) is 14.4. The molecule has 26 heavy (non-hydrogen) atoms. The molecular weight excluding hydrogens is 398 g/mol. The van der Waals surface area contributed by atoms with E-state index in [1.807, 2.05) is 30.3 Å². The van der Waals surface area contributed by atoms with Gasteiger partial charge in [0.05, 0.1) is 22.6 Å². The molecule has 0 spiro atoms. The van der Waals surface area contributed by atoms with Gasteiger partial charge >= 0.3 is 0 Å². The van der Waals surface area contributed by atoms with Gasteiger partial charge in [-0.15, -0.1) is 0 Å². The Labute approximate surface area is 156 Å². The molecule has 0 radical (unpaired) electrons. The van der Waals surface area contributed by atoms with Crippen LogP contribution in [0.5, 0.6) is 5.75 Å². The van der Waals surface area contributed by atoms with Crippen LogP contribution in [0.15, 0.2) is 75.4 Å². The van der Waals surface area contributed by atoms with Gasteiger partial charge in [0.25, 0.3) is 5.56 Å². The molecule has 0 saturated heterocycles. The number of nitrogens with zero attached hydrogens (tertiary/aromatic N) is 5. The summed E-state index contributed by atoms with van der Waals surface area (Å²) in [6.07, 6.45) is 4.36. The van der Waals surface area contributed by atoms with Gasteiger partial charge in [0.15, 0.2) is 5.65 Å². The first kappa shape index (κ1) is 16.2. The standard InChI is InChI=1S/C18H12BrN5O2/c19-15-8-12(6-7-16(15)25)9-21-23-11-20-17-14(18(23)26)10-22-24(17)13-4-2-1-3-5-13/h1-11,25H/b21-9+. The second-order valence-electron chi connectivity index (χ2n) is 5.48. The molecule has 4 rings (SSSR count). The van der Waals surface area contributed by atoms with Crippen molar-refractivity contribution in [2.45, 2.75) is 0 Å². The molecule has 0 aliphatic carbocycles. The minimum absolute atomic E-state index is 0.135. The van der Waals surface area contributed by atoms with Crippen LogP contribution in [-0.4, -0.2) is 30.8 Å². The van der Waals surface area contributed by atoms with Crippen molar-refractivity contribution in [1.82, 2.24) is 19.4 Å². The Kier molecular flexibility index (Phi) is 4.10. The third-order valence-electron chi connectivity index (χ3n) is 3.78. The number of hydrogen-bond acceptors (Lipinski definition) is 5. The lowest BCUT2D eigenvalue weighted by atomic mass is 10.2. The van der Waals surface area contributed by atoms with E-state index in [0.29, 0.717) is 15.5 Å². The van der Waals surface area contributed by atoms with Gasteiger partial charge in [0, 0.05) is 0 Å². The molecule has 0 unspecified atom stereocenters. The van der Waals surface area contributed by atoms with Crippen LogP contribution < -0.4 is 5.56 Å². The zero-order valence-electron chi connectivity index (χ0n) is 13.3. The van der Waals surface area contributed by atoms with Crippen molar-refractivity contribution in [2.24, 2.45) is 5.10 Å². The number of fused-ring (bicyclic) bond motifs is 1. The van der Waals surface area contributed by atoms with E-state index in [9.17, 15) is 9.90 Å². The van der Waals surface area contributed by atoms with Crippen LogP contribution in [0.25, 0.3) is 16.7 Å². The van der Waals surface area contributed by atoms with E-state index in [1.54, 1.807) is 22.9 Å². The van der Waals surface area contributed by atoms with Crippen LogP contribution in [-0.2, 0) is 0 Å². The van der Waals surface area contributed by atoms with Gasteiger partial charge in [-0.2, -0.15) is 14.9 Å². The third-order valence-corrected chi connectivity index (χ3v) is 4.41. The monoisotopic (exact) mass is 409 g/mol. The Balaban J connectivity index is 1.74. The summed E-state index contributed by atoms with van der Waals surface area (Å²) in [7, 11) is 0. The fourth-order valence-corrected chi connectivity index (χ4v) is 2.87. The van der Waals surface area contributed by atoms with Crippen LogP contribution in [0.1, 0.15) is 5.56 Å². The molecule has 0 fully saturated rings. The first-order valence-electron chi connectivity index (χ1n) is 7.67. The van der Waals surface area contributed by atoms with Crippen molar-refractivity contribution in [2.75, 3.05) is 0 Å². The number of rotatable bonds is 3. The molecule has 0 saturated carbocycles. The van der Waals surface area contributed by atoms with E-state index in [4.69, 9.17) is 0 Å². The lowest BCUT2D eigenvalue weighted by Crippen LogP contribution is -2.17. The van der Waals surface area contributed by atoms with Crippen LogP contribution in [0.4, 0.5) is 0 Å². The van der Waals surface area contributed by atoms with Crippen molar-refractivity contribution < 1.29 is 5.11 Å². The van der Waals surface area contributed by atoms with E-state index < -0.39 is 0 Å². The van der Waals surface area contributed by atoms with Gasteiger partial charge in [-0.1, -0.05) is 18.2 Å². The van der Waals surface area contributed by atoms with Crippen molar-refractivity contribution in [1.29, 1.82) is 0 Å². The number of para-hydroxylation sites is 1. The van der Waals surface area contributed by atoms with E-state index >= 15 is 0 Å². The predicted octanol–water partition coefficient (Wildman–Crippen LogP) is 2.93. The Morgan fingerprint density at radius 1 is 1.15 bits per heavy atom. The van der Waals surface area contributed by atoms with Crippen LogP contribution >= 0.6 is 15.9 Å². The molecule has 8 heteroatoms. The summed E-state index contributed by atoms with van der Waals surface area (Å²) in [6.45, 7) is 0. The number of hydrogen-bond donors (Lipinski definition) is 1. The Bertz CT molecular complexity index is 1180. The normalized spacial score (nSPS) is 11.4. The molecule has 2 aromatic heterocycles. The minimum atomic E-state index is -0.314. The van der Waals surface area contributed by atoms with Gasteiger partial charge in [0.1, 0.15) is 17.5 Å². The Morgan fingerprint density at radius 3 is 2.73 bits per heavy atom. The maximum absolute atomic E-state index is 12.6. The topological polar surface area (TPSA) is 85.3 Å². The van der Waals surface area contributed by atoms with Crippen molar-refractivity contribution >= 4 is 33.2 Å². The highest BCUT2D eigenvalue weighted by Crippen LogP contribution is 2.23. The highest BCUT2D eigenvalue weighted by atomic mass is 79.9. The first-order chi connectivity index (χ1) is 12.6. The second-order valence-corrected chi connectivity index (χ2v) is 6.33. The smallest absolute Gasteiger partial charge is 0.285 e. The summed E-state index contributed by atoms with van der Waals surface area (Å²) < 4.78 is 3.31. The zero-order valence-corrected chi connectivity index (χ0v) is 14.9. The summed E-state index contributed by atoms with van der Waals surface area (Å²) in [4.78, 5) is 16.9. The van der Waals surface area contributed by atoms with Gasteiger partial charge in [-0.3, -0.25) is 4.79 Å². The van der Waals surface area contributed by atoms with E-state index in [1.165, 1.54) is 18.7 Å². The fourth-order valence-electron chi connectivity index (χ4n) is 2.48. The van der Waals surface area contributed by atoms with Crippen molar-refractivity contribution in [3.05, 3.63) is 81.4 Å². The molecular formula is C18H12BrN5O2. The third kappa shape index (κ3) is 2.91. The lowest BCUT2D eigenvalue weighted by Gasteiger charge is -2.03. The number of benzene rings is 2. The van der Waals surface area contributed by atoms with Gasteiger partial charge in [-0.05, 0) is 51.8 Å². The molecule has 0 amide bonds. The molecule has 128 valence electrons. The molecule has 2 aromatic carbocycles. The van der Waals surface area contributed by atoms with Crippen molar-refractivity contribution in [3.8, 4) is 11.4 Å². The molecule has 7 nitrogen and oxygen atoms in total. The number of aromatic hydroxyl groups is 1. The second kappa shape index (κ2) is 6.57. The Morgan fingerprint density at radius 2 is 1.96 bits per heavy atom. The zero-order chi connectivity index (χ0) is 18.1. The van der Waals surface area contributed by atoms with Gasteiger partial charge in [-0.25, -0.2) is 9.67 Å². The average molecular weight is 410 g/mol. The highest BCUT2D eigenvalue weighted by molar-refractivity contribution is 9.10. The van der Waals surface area contributed by atoms with Crippen molar-refractivity contribution in [3.63, 3.8) is 0 Å². The summed E-state index contributed by atoms with van der Waals surface area (Å²) in [5, 5.41) is 18.3. The van der Waals surface area contributed by atoms with Gasteiger partial charge < -0.3 is 5.11 Å². The number of phenolic OH excluding ortho intramolecular Hbond substituents is 1. The number of halogens is 1. The fraction of sp³-hybridized carbons (Fsp3) is 0. The Hall–Kier alpha value is -3.26. The summed E-state index contributed by atoms with van der Waals surface area (Å²) >= 11 is 3.24. The van der Waals surface area contributed by atoms with Gasteiger partial charge in [0.2, 0.25) is 0 Å². The maximum Gasteiger partial charge on any atom is 0.285 e. The minimum Gasteiger partial charge on any atom is -0.507 e. The number of phenols is 1. The first-order valence-corrected chi connectivity index (χ1v) is 8.46. The SMILES string of the molecule is O=c1c2cnn(-c3ccccc3)c2ncn1/N=C/c1ccc(O)c(Br)c1. The summed E-state index contributed by atoms with van der Waals surface area (Å²) in [5.74, 6) is 0.135. The number of aromatic nitrogens is 4. The highest BCUT2D eigenvalue weighted by Gasteiger charge is 2.10. The van der Waals surface area contributed by atoms with Crippen LogP contribution in [0, 0.1) is 0 Å². The average Bonchev–Trinajstić information content (AvgIpc) is 3.09. The molecule has 4 aromatic rings. The molecule has 0 atom stereocenters. The largest absolute Gasteiger partial charge is 0.507 e. The lowest BCUT2D eigenvalue weighted by molar-refractivity contribution is 0.472. The van der Waals surface area contributed by atoms with E-state index in [2.05, 4.69) is 31.1 Å². The predicted molar refractivity (Wildman–Crippen MR) is 102 cm³/mol. The van der Waals surface area contributed by atoms with Crippen LogP contribution in [0.3, 0.4) is 0 Å². The van der Waals surface area contributed by atoms with E-state index in [-0.39, 0.29) is 11.3 Å². The quantitative estimate of drug-likeness (QED) is 0.527. The molecule has 0 aliphatic heterocycles. The molecule has 0 bridgehead atoms. The molecule has 0 aliphatic rings. The molecule has 2 heterocycles. The van der Waals surface area contributed by atoms with Crippen LogP contribution in [0.2, 0.25) is 0 Å².